The van der Waals surface area contributed by atoms with Crippen LogP contribution >= 0.6 is 0 Å². The van der Waals surface area contributed by atoms with Gasteiger partial charge in [-0.15, -0.1) is 0 Å². The van der Waals surface area contributed by atoms with Gasteiger partial charge in [0.05, 0.1) is 12.1 Å². The zero-order chi connectivity index (χ0) is 20.1. The van der Waals surface area contributed by atoms with Gasteiger partial charge < -0.3 is 16.0 Å². The Bertz CT molecular complexity index is 764. The largest absolute Gasteiger partial charge is 0.351 e. The average Bonchev–Trinajstić information content (AvgIpc) is 3.08. The number of nitriles is 1. The van der Waals surface area contributed by atoms with Crippen LogP contribution in [0.3, 0.4) is 0 Å². The number of rotatable bonds is 6. The van der Waals surface area contributed by atoms with Gasteiger partial charge in [0.2, 0.25) is 11.8 Å². The molecule has 1 fully saturated rings. The van der Waals surface area contributed by atoms with E-state index in [2.05, 4.69) is 5.32 Å². The predicted molar refractivity (Wildman–Crippen MR) is 90.6 cm³/mol. The minimum Gasteiger partial charge on any atom is -0.351 e. The molecule has 2 rings (SSSR count). The molecule has 3 atom stereocenters. The molecule has 6 nitrogen and oxygen atoms in total. The minimum atomic E-state index is -1.32. The second kappa shape index (κ2) is 8.86. The molecule has 1 aromatic carbocycles. The topological polar surface area (TPSA) is 99.2 Å². The fourth-order valence-corrected chi connectivity index (χ4v) is 3.02. The first-order valence-corrected chi connectivity index (χ1v) is 8.61. The zero-order valence-electron chi connectivity index (χ0n) is 14.8. The lowest BCUT2D eigenvalue weighted by atomic mass is 10.0. The Kier molecular flexibility index (Phi) is 6.80. The third-order valence-corrected chi connectivity index (χ3v) is 4.46. The highest BCUT2D eigenvalue weighted by Gasteiger charge is 2.31. The van der Waals surface area contributed by atoms with E-state index in [0.29, 0.717) is 31.5 Å². The van der Waals surface area contributed by atoms with E-state index in [1.807, 2.05) is 6.07 Å². The van der Waals surface area contributed by atoms with Gasteiger partial charge in [-0.2, -0.15) is 5.26 Å². The number of hydrogen-bond acceptors (Lipinski definition) is 4. The Balaban J connectivity index is 2.18. The van der Waals surface area contributed by atoms with E-state index in [9.17, 15) is 22.8 Å². The molecule has 0 spiro atoms. The quantitative estimate of drug-likeness (QED) is 0.726. The van der Waals surface area contributed by atoms with E-state index in [-0.39, 0.29) is 24.3 Å². The molecule has 146 valence electrons. The number of nitrogens with zero attached hydrogens (tertiary/aromatic N) is 2. The number of benzene rings is 1. The van der Waals surface area contributed by atoms with Crippen LogP contribution in [0.1, 0.15) is 31.7 Å². The lowest BCUT2D eigenvalue weighted by molar-refractivity contribution is -0.132. The Hall–Kier alpha value is -2.60. The van der Waals surface area contributed by atoms with Gasteiger partial charge >= 0.3 is 0 Å². The van der Waals surface area contributed by atoms with Crippen LogP contribution in [0.25, 0.3) is 0 Å². The number of carbonyl (C=O) groups excluding carboxylic acids is 2. The molecule has 27 heavy (non-hydrogen) atoms. The summed E-state index contributed by atoms with van der Waals surface area (Å²) in [5.74, 6) is -4.46. The smallest absolute Gasteiger partial charge is 0.236 e. The number of nitrogens with two attached hydrogens (primary N) is 1. The van der Waals surface area contributed by atoms with Crippen molar-refractivity contribution in [3.05, 3.63) is 35.1 Å². The van der Waals surface area contributed by atoms with Crippen LogP contribution in [-0.2, 0) is 16.0 Å². The summed E-state index contributed by atoms with van der Waals surface area (Å²) in [5, 5.41) is 11.6. The third-order valence-electron chi connectivity index (χ3n) is 4.46. The van der Waals surface area contributed by atoms with Gasteiger partial charge in [0, 0.05) is 25.1 Å². The summed E-state index contributed by atoms with van der Waals surface area (Å²) in [4.78, 5) is 25.9. The summed E-state index contributed by atoms with van der Waals surface area (Å²) >= 11 is 0. The molecule has 1 saturated heterocycles. The number of carbonyl (C=O) groups is 2. The number of amides is 2. The van der Waals surface area contributed by atoms with Gasteiger partial charge in [-0.3, -0.25) is 9.59 Å². The molecule has 1 heterocycles. The molecule has 9 heteroatoms. The van der Waals surface area contributed by atoms with E-state index in [0.717, 1.165) is 0 Å². The van der Waals surface area contributed by atoms with E-state index < -0.39 is 41.5 Å². The molecule has 0 bridgehead atoms. The van der Waals surface area contributed by atoms with E-state index in [1.54, 1.807) is 0 Å². The maximum absolute atomic E-state index is 14.0. The summed E-state index contributed by atoms with van der Waals surface area (Å²) in [6, 6.07) is 0.885. The number of nitrogens with one attached hydrogen (secondary N) is 1. The van der Waals surface area contributed by atoms with Crippen LogP contribution in [-0.4, -0.2) is 41.4 Å². The standard InChI is InChI=1S/C18H21F3N4O2/c1-10(23)18(27)24-12(5-11-6-15(20)16(21)8-14(11)19)7-17(26)25-4-2-3-13(25)9-22/h6,8,10,12-13H,2-5,7,23H2,1H3,(H,24,27). The van der Waals surface area contributed by atoms with Crippen LogP contribution in [0.15, 0.2) is 12.1 Å². The van der Waals surface area contributed by atoms with Gasteiger partial charge in [-0.1, -0.05) is 0 Å². The molecule has 1 aliphatic rings. The number of likely N-dealkylation sites (tertiary alicyclic amines) is 1. The Morgan fingerprint density at radius 2 is 2.00 bits per heavy atom. The summed E-state index contributed by atoms with van der Waals surface area (Å²) < 4.78 is 40.5. The third kappa shape index (κ3) is 5.20. The average molecular weight is 382 g/mol. The van der Waals surface area contributed by atoms with Crippen LogP contribution in [0.5, 0.6) is 0 Å². The van der Waals surface area contributed by atoms with Crippen LogP contribution in [0.4, 0.5) is 13.2 Å². The molecular weight excluding hydrogens is 361 g/mol. The van der Waals surface area contributed by atoms with Gasteiger partial charge in [0.1, 0.15) is 11.9 Å². The lowest BCUT2D eigenvalue weighted by Crippen LogP contribution is -2.47. The first-order valence-electron chi connectivity index (χ1n) is 8.61. The van der Waals surface area contributed by atoms with Crippen molar-refractivity contribution in [2.45, 2.75) is 50.7 Å². The van der Waals surface area contributed by atoms with Crippen molar-refractivity contribution < 1.29 is 22.8 Å². The van der Waals surface area contributed by atoms with Gasteiger partial charge in [0.15, 0.2) is 11.6 Å². The van der Waals surface area contributed by atoms with Gasteiger partial charge in [-0.05, 0) is 37.8 Å². The monoisotopic (exact) mass is 382 g/mol. The van der Waals surface area contributed by atoms with Crippen molar-refractivity contribution in [3.63, 3.8) is 0 Å². The first kappa shape index (κ1) is 20.7. The zero-order valence-corrected chi connectivity index (χ0v) is 14.8. The molecule has 0 radical (unpaired) electrons. The molecule has 0 aromatic heterocycles. The van der Waals surface area contributed by atoms with E-state index >= 15 is 0 Å². The maximum atomic E-state index is 14.0. The van der Waals surface area contributed by atoms with Crippen LogP contribution in [0.2, 0.25) is 0 Å². The number of hydrogen-bond donors (Lipinski definition) is 2. The van der Waals surface area contributed by atoms with Crippen LogP contribution < -0.4 is 11.1 Å². The van der Waals surface area contributed by atoms with Gasteiger partial charge in [-0.25, -0.2) is 13.2 Å². The fourth-order valence-electron chi connectivity index (χ4n) is 3.02. The van der Waals surface area contributed by atoms with Gasteiger partial charge in [0.25, 0.3) is 0 Å². The molecule has 0 aliphatic carbocycles. The molecule has 3 N–H and O–H groups in total. The Labute approximate surface area is 155 Å². The molecule has 1 aromatic rings. The van der Waals surface area contributed by atoms with Crippen LogP contribution in [0, 0.1) is 28.8 Å². The molecule has 0 saturated carbocycles. The second-order valence-corrected chi connectivity index (χ2v) is 6.63. The van der Waals surface area contributed by atoms with E-state index in [1.165, 1.54) is 11.8 Å². The molecule has 3 unspecified atom stereocenters. The molecule has 2 amide bonds. The highest BCUT2D eigenvalue weighted by molar-refractivity contribution is 5.83. The summed E-state index contributed by atoms with van der Waals surface area (Å²) in [5.41, 5.74) is 5.34. The lowest BCUT2D eigenvalue weighted by Gasteiger charge is -2.25. The second-order valence-electron chi connectivity index (χ2n) is 6.63. The molecule has 1 aliphatic heterocycles. The highest BCUT2D eigenvalue weighted by atomic mass is 19.2. The minimum absolute atomic E-state index is 0.171. The summed E-state index contributed by atoms with van der Waals surface area (Å²) in [6.45, 7) is 1.86. The summed E-state index contributed by atoms with van der Waals surface area (Å²) in [6.07, 6.45) is 0.822. The van der Waals surface area contributed by atoms with Crippen molar-refractivity contribution in [2.24, 2.45) is 5.73 Å². The highest BCUT2D eigenvalue weighted by Crippen LogP contribution is 2.20. The number of halogens is 3. The first-order chi connectivity index (χ1) is 12.7. The Morgan fingerprint density at radius 3 is 2.63 bits per heavy atom. The van der Waals surface area contributed by atoms with Crippen molar-refractivity contribution in [1.82, 2.24) is 10.2 Å². The predicted octanol–water partition coefficient (Wildman–Crippen LogP) is 1.38. The Morgan fingerprint density at radius 1 is 1.33 bits per heavy atom. The SMILES string of the molecule is CC(N)C(=O)NC(CC(=O)N1CCCC1C#N)Cc1cc(F)c(F)cc1F. The van der Waals surface area contributed by atoms with Crippen molar-refractivity contribution in [2.75, 3.05) is 6.54 Å². The van der Waals surface area contributed by atoms with Crippen molar-refractivity contribution in [3.8, 4) is 6.07 Å². The fraction of sp³-hybridized carbons (Fsp3) is 0.500. The summed E-state index contributed by atoms with van der Waals surface area (Å²) in [7, 11) is 0. The van der Waals surface area contributed by atoms with Crippen molar-refractivity contribution in [1.29, 1.82) is 5.26 Å². The maximum Gasteiger partial charge on any atom is 0.236 e. The van der Waals surface area contributed by atoms with E-state index in [4.69, 9.17) is 11.0 Å². The normalized spacial score (nSPS) is 18.7. The molecular formula is C18H21F3N4O2. The van der Waals surface area contributed by atoms with Crippen molar-refractivity contribution >= 4 is 11.8 Å².